The molecule has 3 nitrogen and oxygen atoms in total. The molecule has 1 aliphatic rings. The van der Waals surface area contributed by atoms with Gasteiger partial charge in [0.15, 0.2) is 0 Å². The van der Waals surface area contributed by atoms with E-state index in [0.717, 1.165) is 0 Å². The fourth-order valence-corrected chi connectivity index (χ4v) is 3.19. The summed E-state index contributed by atoms with van der Waals surface area (Å²) in [6, 6.07) is 3.93. The minimum Gasteiger partial charge on any atom is -0.325 e. The number of nitrogens with one attached hydrogen (secondary N) is 1. The van der Waals surface area contributed by atoms with Crippen LogP contribution in [-0.2, 0) is 4.79 Å². The monoisotopic (exact) mass is 368 g/mol. The Morgan fingerprint density at radius 2 is 1.91 bits per heavy atom. The van der Waals surface area contributed by atoms with Crippen molar-refractivity contribution in [2.75, 3.05) is 18.4 Å². The van der Waals surface area contributed by atoms with Crippen molar-refractivity contribution in [3.05, 3.63) is 28.2 Å². The SMILES string of the molecule is C[C@@H](C(=O)Nc1cc(Cl)cc(Cl)c1)N1CCC[C@@H](C(F)(F)F)C1. The molecule has 0 aliphatic carbocycles. The molecule has 1 aromatic carbocycles. The summed E-state index contributed by atoms with van der Waals surface area (Å²) >= 11 is 11.7. The number of benzene rings is 1. The molecule has 1 heterocycles. The zero-order chi connectivity index (χ0) is 17.2. The molecule has 128 valence electrons. The lowest BCUT2D eigenvalue weighted by atomic mass is 9.96. The van der Waals surface area contributed by atoms with Gasteiger partial charge in [-0.25, -0.2) is 0 Å². The lowest BCUT2D eigenvalue weighted by molar-refractivity contribution is -0.188. The summed E-state index contributed by atoms with van der Waals surface area (Å²) in [5, 5.41) is 3.39. The Balaban J connectivity index is 2.01. The van der Waals surface area contributed by atoms with E-state index in [9.17, 15) is 18.0 Å². The normalized spacial score (nSPS) is 21.0. The van der Waals surface area contributed by atoms with Crippen LogP contribution in [0.1, 0.15) is 19.8 Å². The molecule has 0 saturated carbocycles. The molecule has 2 rings (SSSR count). The molecule has 1 saturated heterocycles. The summed E-state index contributed by atoms with van der Waals surface area (Å²) in [7, 11) is 0. The second-order valence-electron chi connectivity index (χ2n) is 5.70. The quantitative estimate of drug-likeness (QED) is 0.845. The summed E-state index contributed by atoms with van der Waals surface area (Å²) in [6.45, 7) is 1.91. The van der Waals surface area contributed by atoms with Gasteiger partial charge in [0.25, 0.3) is 0 Å². The number of carbonyl (C=O) groups excluding carboxylic acids is 1. The topological polar surface area (TPSA) is 32.3 Å². The Bertz CT molecular complexity index is 560. The largest absolute Gasteiger partial charge is 0.393 e. The Labute approximate surface area is 142 Å². The van der Waals surface area contributed by atoms with Crippen LogP contribution in [-0.4, -0.2) is 36.1 Å². The number of piperidine rings is 1. The fourth-order valence-electron chi connectivity index (χ4n) is 2.66. The highest BCUT2D eigenvalue weighted by Gasteiger charge is 2.43. The van der Waals surface area contributed by atoms with Crippen LogP contribution in [0.25, 0.3) is 0 Å². The van der Waals surface area contributed by atoms with Crippen molar-refractivity contribution in [3.8, 4) is 0 Å². The van der Waals surface area contributed by atoms with Gasteiger partial charge in [0.05, 0.1) is 12.0 Å². The van der Waals surface area contributed by atoms with Gasteiger partial charge in [0, 0.05) is 22.3 Å². The predicted molar refractivity (Wildman–Crippen MR) is 84.9 cm³/mol. The first-order chi connectivity index (χ1) is 10.7. The Morgan fingerprint density at radius 1 is 1.30 bits per heavy atom. The second-order valence-corrected chi connectivity index (χ2v) is 6.57. The lowest BCUT2D eigenvalue weighted by Crippen LogP contribution is -2.49. The summed E-state index contributed by atoms with van der Waals surface area (Å²) in [5.41, 5.74) is 0.420. The Morgan fingerprint density at radius 3 is 2.48 bits per heavy atom. The minimum atomic E-state index is -4.23. The van der Waals surface area contributed by atoms with E-state index in [-0.39, 0.29) is 18.9 Å². The predicted octanol–water partition coefficient (Wildman–Crippen LogP) is 4.59. The maximum Gasteiger partial charge on any atom is 0.393 e. The molecule has 1 fully saturated rings. The van der Waals surface area contributed by atoms with Crippen molar-refractivity contribution >= 4 is 34.8 Å². The summed E-state index contributed by atoms with van der Waals surface area (Å²) < 4.78 is 38.6. The van der Waals surface area contributed by atoms with E-state index in [1.54, 1.807) is 11.8 Å². The van der Waals surface area contributed by atoms with E-state index in [1.165, 1.54) is 18.2 Å². The van der Waals surface area contributed by atoms with Crippen LogP contribution in [0.4, 0.5) is 18.9 Å². The summed E-state index contributed by atoms with van der Waals surface area (Å²) in [6.07, 6.45) is -3.70. The van der Waals surface area contributed by atoms with Crippen LogP contribution >= 0.6 is 23.2 Å². The fraction of sp³-hybridized carbons (Fsp3) is 0.533. The van der Waals surface area contributed by atoms with E-state index >= 15 is 0 Å². The van der Waals surface area contributed by atoms with E-state index in [2.05, 4.69) is 5.32 Å². The molecule has 0 aromatic heterocycles. The van der Waals surface area contributed by atoms with E-state index in [0.29, 0.717) is 28.7 Å². The van der Waals surface area contributed by atoms with Crippen LogP contribution in [0.3, 0.4) is 0 Å². The molecule has 0 spiro atoms. The number of likely N-dealkylation sites (tertiary alicyclic amines) is 1. The van der Waals surface area contributed by atoms with Crippen molar-refractivity contribution < 1.29 is 18.0 Å². The number of amides is 1. The van der Waals surface area contributed by atoms with E-state index in [1.807, 2.05) is 0 Å². The summed E-state index contributed by atoms with van der Waals surface area (Å²) in [5.74, 6) is -1.77. The molecule has 1 aromatic rings. The smallest absolute Gasteiger partial charge is 0.325 e. The Hall–Kier alpha value is -0.980. The number of halogens is 5. The number of anilines is 1. The van der Waals surface area contributed by atoms with Gasteiger partial charge in [-0.3, -0.25) is 9.69 Å². The first-order valence-electron chi connectivity index (χ1n) is 7.24. The minimum absolute atomic E-state index is 0.109. The summed E-state index contributed by atoms with van der Waals surface area (Å²) in [4.78, 5) is 13.8. The van der Waals surface area contributed by atoms with Gasteiger partial charge in [-0.05, 0) is 44.5 Å². The zero-order valence-electron chi connectivity index (χ0n) is 12.5. The van der Waals surface area contributed by atoms with E-state index < -0.39 is 18.1 Å². The first kappa shape index (κ1) is 18.4. The van der Waals surface area contributed by atoms with Crippen LogP contribution in [0.5, 0.6) is 0 Å². The lowest BCUT2D eigenvalue weighted by Gasteiger charge is -2.36. The number of hydrogen-bond acceptors (Lipinski definition) is 2. The maximum atomic E-state index is 12.9. The van der Waals surface area contributed by atoms with Gasteiger partial charge < -0.3 is 5.32 Å². The van der Waals surface area contributed by atoms with Gasteiger partial charge in [0.2, 0.25) is 5.91 Å². The van der Waals surface area contributed by atoms with Gasteiger partial charge in [-0.15, -0.1) is 0 Å². The van der Waals surface area contributed by atoms with Crippen molar-refractivity contribution in [1.29, 1.82) is 0 Å². The maximum absolute atomic E-state index is 12.9. The first-order valence-corrected chi connectivity index (χ1v) is 8.00. The third kappa shape index (κ3) is 4.99. The standard InChI is InChI=1S/C15H17Cl2F3N2O/c1-9(22-4-2-3-10(8-22)15(18,19)20)14(23)21-13-6-11(16)5-12(17)7-13/h5-7,9-10H,2-4,8H2,1H3,(H,21,23)/t9-,10+/m0/s1. The zero-order valence-corrected chi connectivity index (χ0v) is 14.0. The van der Waals surface area contributed by atoms with Crippen molar-refractivity contribution in [3.63, 3.8) is 0 Å². The van der Waals surface area contributed by atoms with Gasteiger partial charge >= 0.3 is 6.18 Å². The molecule has 2 atom stereocenters. The van der Waals surface area contributed by atoms with Gasteiger partial charge in [-0.1, -0.05) is 23.2 Å². The molecule has 1 amide bonds. The highest BCUT2D eigenvalue weighted by molar-refractivity contribution is 6.35. The van der Waals surface area contributed by atoms with Crippen molar-refractivity contribution in [2.45, 2.75) is 32.0 Å². The molecule has 0 unspecified atom stereocenters. The van der Waals surface area contributed by atoms with Gasteiger partial charge in [0.1, 0.15) is 0 Å². The second kappa shape index (κ2) is 7.28. The van der Waals surface area contributed by atoms with Crippen LogP contribution in [0.2, 0.25) is 10.0 Å². The molecular formula is C15H17Cl2F3N2O. The molecule has 1 aliphatic heterocycles. The van der Waals surface area contributed by atoms with Crippen LogP contribution in [0.15, 0.2) is 18.2 Å². The molecular weight excluding hydrogens is 352 g/mol. The number of carbonyl (C=O) groups is 1. The third-order valence-corrected chi connectivity index (χ3v) is 4.41. The average molecular weight is 369 g/mol. The number of hydrogen-bond donors (Lipinski definition) is 1. The van der Waals surface area contributed by atoms with Crippen LogP contribution < -0.4 is 5.32 Å². The third-order valence-electron chi connectivity index (χ3n) is 3.97. The van der Waals surface area contributed by atoms with Crippen molar-refractivity contribution in [2.24, 2.45) is 5.92 Å². The molecule has 0 bridgehead atoms. The molecule has 0 radical (unpaired) electrons. The highest BCUT2D eigenvalue weighted by Crippen LogP contribution is 2.33. The average Bonchev–Trinajstić information content (AvgIpc) is 2.44. The Kier molecular flexibility index (Phi) is 5.81. The molecule has 23 heavy (non-hydrogen) atoms. The van der Waals surface area contributed by atoms with E-state index in [4.69, 9.17) is 23.2 Å². The van der Waals surface area contributed by atoms with Crippen LogP contribution in [0, 0.1) is 5.92 Å². The van der Waals surface area contributed by atoms with Gasteiger partial charge in [-0.2, -0.15) is 13.2 Å². The molecule has 8 heteroatoms. The molecule has 1 N–H and O–H groups in total. The number of rotatable bonds is 3. The number of nitrogens with zero attached hydrogens (tertiary/aromatic N) is 1. The van der Waals surface area contributed by atoms with Crippen molar-refractivity contribution in [1.82, 2.24) is 4.90 Å². The highest BCUT2D eigenvalue weighted by atomic mass is 35.5. The number of alkyl halides is 3.